The minimum absolute atomic E-state index is 0.160. The zero-order chi connectivity index (χ0) is 30.5. The van der Waals surface area contributed by atoms with E-state index in [1.54, 1.807) is 0 Å². The van der Waals surface area contributed by atoms with Gasteiger partial charge in [0, 0.05) is 13.8 Å². The molecule has 12 nitrogen and oxygen atoms in total. The van der Waals surface area contributed by atoms with Gasteiger partial charge < -0.3 is 28.4 Å². The number of benzene rings is 3. The van der Waals surface area contributed by atoms with Crippen LogP contribution in [-0.4, -0.2) is 62.2 Å². The predicted molar refractivity (Wildman–Crippen MR) is 143 cm³/mol. The van der Waals surface area contributed by atoms with E-state index < -0.39 is 35.8 Å². The lowest BCUT2D eigenvalue weighted by molar-refractivity contribution is -0.132. The predicted octanol–water partition coefficient (Wildman–Crippen LogP) is 3.56. The van der Waals surface area contributed by atoms with Crippen LogP contribution in [0.25, 0.3) is 0 Å². The molecule has 0 fully saturated rings. The number of hydrogen-bond acceptors (Lipinski definition) is 12. The van der Waals surface area contributed by atoms with Crippen molar-refractivity contribution in [3.8, 4) is 11.5 Å². The number of esters is 6. The van der Waals surface area contributed by atoms with Crippen molar-refractivity contribution in [2.75, 3.05) is 26.4 Å². The molecule has 0 aliphatic heterocycles. The first-order valence-corrected chi connectivity index (χ1v) is 12.5. The average molecular weight is 579 g/mol. The normalized spacial score (nSPS) is 10.1. The maximum Gasteiger partial charge on any atom is 0.338 e. The van der Waals surface area contributed by atoms with Crippen molar-refractivity contribution in [1.29, 1.82) is 0 Å². The van der Waals surface area contributed by atoms with Crippen LogP contribution >= 0.6 is 0 Å². The highest BCUT2D eigenvalue weighted by Gasteiger charge is 2.13. The highest BCUT2D eigenvalue weighted by Crippen LogP contribution is 2.14. The molecule has 42 heavy (non-hydrogen) atoms. The molecular weight excluding hydrogens is 552 g/mol. The fraction of sp³-hybridized carbons (Fsp3) is 0.200. The van der Waals surface area contributed by atoms with Crippen LogP contribution in [0.15, 0.2) is 72.8 Å². The Morgan fingerprint density at radius 2 is 0.619 bits per heavy atom. The van der Waals surface area contributed by atoms with E-state index >= 15 is 0 Å². The summed E-state index contributed by atoms with van der Waals surface area (Å²) in [5.41, 5.74) is 0.774. The molecule has 0 unspecified atom stereocenters. The lowest BCUT2D eigenvalue weighted by Gasteiger charge is -2.08. The first kappa shape index (κ1) is 31.0. The molecule has 0 N–H and O–H groups in total. The zero-order valence-electron chi connectivity index (χ0n) is 22.7. The number of ether oxygens (including phenoxy) is 6. The van der Waals surface area contributed by atoms with E-state index in [4.69, 9.17) is 28.4 Å². The van der Waals surface area contributed by atoms with Crippen LogP contribution in [0.4, 0.5) is 0 Å². The topological polar surface area (TPSA) is 158 Å². The SMILES string of the molecule is CC(=O)Oc1ccc(C(=O)OCCOC(=O)c2ccc(C(=O)OCCOC(=O)c3ccc(OC(C)=O)cc3)cc2)cc1. The van der Waals surface area contributed by atoms with Gasteiger partial charge in [-0.2, -0.15) is 0 Å². The van der Waals surface area contributed by atoms with Crippen LogP contribution < -0.4 is 9.47 Å². The third-order valence-electron chi connectivity index (χ3n) is 5.16. The molecule has 218 valence electrons. The van der Waals surface area contributed by atoms with Crippen molar-refractivity contribution >= 4 is 35.8 Å². The van der Waals surface area contributed by atoms with Crippen LogP contribution in [0.3, 0.4) is 0 Å². The Morgan fingerprint density at radius 1 is 0.405 bits per heavy atom. The van der Waals surface area contributed by atoms with Gasteiger partial charge in [0.05, 0.1) is 22.3 Å². The summed E-state index contributed by atoms with van der Waals surface area (Å²) in [5.74, 6) is -3.07. The van der Waals surface area contributed by atoms with Gasteiger partial charge in [0.25, 0.3) is 0 Å². The molecule has 0 atom stereocenters. The second-order valence-electron chi connectivity index (χ2n) is 8.36. The molecule has 0 aliphatic carbocycles. The molecule has 0 heterocycles. The summed E-state index contributed by atoms with van der Waals surface area (Å²) in [7, 11) is 0. The second-order valence-corrected chi connectivity index (χ2v) is 8.36. The van der Waals surface area contributed by atoms with E-state index in [0.29, 0.717) is 0 Å². The summed E-state index contributed by atoms with van der Waals surface area (Å²) in [6, 6.07) is 17.0. The largest absolute Gasteiger partial charge is 0.458 e. The Bertz CT molecular complexity index is 1310. The molecule has 0 spiro atoms. The fourth-order valence-corrected chi connectivity index (χ4v) is 3.26. The molecule has 0 saturated carbocycles. The molecule has 3 aromatic rings. The van der Waals surface area contributed by atoms with E-state index in [0.717, 1.165) is 0 Å². The van der Waals surface area contributed by atoms with Crippen molar-refractivity contribution in [3.05, 3.63) is 95.1 Å². The van der Waals surface area contributed by atoms with Crippen molar-refractivity contribution in [2.45, 2.75) is 13.8 Å². The van der Waals surface area contributed by atoms with E-state index in [1.165, 1.54) is 86.6 Å². The molecule has 0 amide bonds. The molecular formula is C30H26O12. The smallest absolute Gasteiger partial charge is 0.338 e. The summed E-state index contributed by atoms with van der Waals surface area (Å²) >= 11 is 0. The number of rotatable bonds is 12. The quantitative estimate of drug-likeness (QED) is 0.133. The highest BCUT2D eigenvalue weighted by molar-refractivity contribution is 5.93. The van der Waals surface area contributed by atoms with Crippen LogP contribution in [-0.2, 0) is 28.5 Å². The van der Waals surface area contributed by atoms with Gasteiger partial charge in [-0.1, -0.05) is 0 Å². The average Bonchev–Trinajstić information content (AvgIpc) is 2.97. The monoisotopic (exact) mass is 578 g/mol. The van der Waals surface area contributed by atoms with Gasteiger partial charge in [-0.3, -0.25) is 9.59 Å². The minimum atomic E-state index is -0.690. The third-order valence-corrected chi connectivity index (χ3v) is 5.16. The van der Waals surface area contributed by atoms with Crippen LogP contribution in [0, 0.1) is 0 Å². The van der Waals surface area contributed by atoms with Crippen molar-refractivity contribution in [2.24, 2.45) is 0 Å². The highest BCUT2D eigenvalue weighted by atomic mass is 16.6. The Labute approximate surface area is 240 Å². The zero-order valence-corrected chi connectivity index (χ0v) is 22.7. The third kappa shape index (κ3) is 9.90. The number of carbonyl (C=O) groups is 6. The van der Waals surface area contributed by atoms with Crippen LogP contribution in [0.5, 0.6) is 11.5 Å². The minimum Gasteiger partial charge on any atom is -0.458 e. The van der Waals surface area contributed by atoms with E-state index in [2.05, 4.69) is 0 Å². The van der Waals surface area contributed by atoms with Gasteiger partial charge in [-0.05, 0) is 72.8 Å². The van der Waals surface area contributed by atoms with Gasteiger partial charge in [0.1, 0.15) is 37.9 Å². The number of carbonyl (C=O) groups excluding carboxylic acids is 6. The lowest BCUT2D eigenvalue weighted by Crippen LogP contribution is -2.15. The van der Waals surface area contributed by atoms with Crippen LogP contribution in [0.2, 0.25) is 0 Å². The maximum absolute atomic E-state index is 12.2. The summed E-state index contributed by atoms with van der Waals surface area (Å²) in [6.45, 7) is 1.74. The van der Waals surface area contributed by atoms with Gasteiger partial charge in [0.15, 0.2) is 0 Å². The molecule has 0 saturated heterocycles. The Kier molecular flexibility index (Phi) is 11.3. The van der Waals surface area contributed by atoms with Gasteiger partial charge in [0.2, 0.25) is 0 Å². The van der Waals surface area contributed by atoms with E-state index in [1.807, 2.05) is 0 Å². The summed E-state index contributed by atoms with van der Waals surface area (Å²) < 4.78 is 30.1. The van der Waals surface area contributed by atoms with E-state index in [-0.39, 0.29) is 60.2 Å². The van der Waals surface area contributed by atoms with Gasteiger partial charge >= 0.3 is 35.8 Å². The molecule has 0 aromatic heterocycles. The lowest BCUT2D eigenvalue weighted by atomic mass is 10.1. The molecule has 12 heteroatoms. The van der Waals surface area contributed by atoms with E-state index in [9.17, 15) is 28.8 Å². The second kappa shape index (κ2) is 15.3. The number of hydrogen-bond donors (Lipinski definition) is 0. The molecule has 0 bridgehead atoms. The molecule has 0 aliphatic rings. The Balaban J connectivity index is 1.34. The van der Waals surface area contributed by atoms with Crippen LogP contribution in [0.1, 0.15) is 55.3 Å². The molecule has 0 radical (unpaired) electrons. The fourth-order valence-electron chi connectivity index (χ4n) is 3.26. The van der Waals surface area contributed by atoms with Gasteiger partial charge in [-0.15, -0.1) is 0 Å². The summed E-state index contributed by atoms with van der Waals surface area (Å²) in [4.78, 5) is 70.5. The molecule has 3 rings (SSSR count). The first-order valence-electron chi connectivity index (χ1n) is 12.5. The van der Waals surface area contributed by atoms with Gasteiger partial charge in [-0.25, -0.2) is 19.2 Å². The summed E-state index contributed by atoms with van der Waals surface area (Å²) in [6.07, 6.45) is 0. The van der Waals surface area contributed by atoms with Crippen molar-refractivity contribution in [1.82, 2.24) is 0 Å². The van der Waals surface area contributed by atoms with Crippen molar-refractivity contribution in [3.63, 3.8) is 0 Å². The standard InChI is InChI=1S/C30H26O12/c1-19(31)41-25-11-7-23(8-12-25)29(35)39-17-15-37-27(33)21-3-5-22(6-4-21)28(34)38-16-18-40-30(36)24-9-13-26(14-10-24)42-20(2)32/h3-14H,15-18H2,1-2H3. The Hall–Kier alpha value is -5.52. The molecule has 3 aromatic carbocycles. The first-order chi connectivity index (χ1) is 20.1. The van der Waals surface area contributed by atoms with Crippen molar-refractivity contribution < 1.29 is 57.2 Å². The maximum atomic E-state index is 12.2. The summed E-state index contributed by atoms with van der Waals surface area (Å²) in [5, 5.41) is 0. The Morgan fingerprint density at radius 3 is 0.833 bits per heavy atom.